The van der Waals surface area contributed by atoms with E-state index in [1.54, 1.807) is 12.1 Å². The number of aliphatic hydroxyl groups excluding tert-OH is 1. The van der Waals surface area contributed by atoms with Crippen molar-refractivity contribution in [2.45, 2.75) is 40.5 Å². The standard InChI is InChI=1S/C18H28N2O3/c1-12(2)9-15(7-8-21)11-19-18(23)16-6-5-13(3)17(10-16)20-14(4)22/h5-6,10,12,15,21H,7-9,11H2,1-4H3,(H,19,23)(H,20,22). The molecule has 0 radical (unpaired) electrons. The molecular formula is C18H28N2O3. The van der Waals surface area contributed by atoms with Crippen LogP contribution in [0.5, 0.6) is 0 Å². The SMILES string of the molecule is CC(=O)Nc1cc(C(=O)NCC(CCO)CC(C)C)ccc1C. The number of aliphatic hydroxyl groups is 1. The minimum absolute atomic E-state index is 0.129. The number of aryl methyl sites for hydroxylation is 1. The maximum absolute atomic E-state index is 12.3. The number of anilines is 1. The molecule has 1 atom stereocenters. The molecule has 5 nitrogen and oxygen atoms in total. The number of carbonyl (C=O) groups is 2. The van der Waals surface area contributed by atoms with Crippen LogP contribution in [0.3, 0.4) is 0 Å². The fourth-order valence-electron chi connectivity index (χ4n) is 2.58. The zero-order chi connectivity index (χ0) is 17.4. The normalized spacial score (nSPS) is 12.1. The average Bonchev–Trinajstić information content (AvgIpc) is 2.46. The topological polar surface area (TPSA) is 78.4 Å². The van der Waals surface area contributed by atoms with E-state index in [0.29, 0.717) is 30.1 Å². The van der Waals surface area contributed by atoms with Crippen molar-refractivity contribution in [2.24, 2.45) is 11.8 Å². The summed E-state index contributed by atoms with van der Waals surface area (Å²) in [6.07, 6.45) is 1.65. The van der Waals surface area contributed by atoms with Gasteiger partial charge in [0.25, 0.3) is 5.91 Å². The molecule has 1 aromatic rings. The Balaban J connectivity index is 2.71. The van der Waals surface area contributed by atoms with E-state index < -0.39 is 0 Å². The predicted octanol–water partition coefficient (Wildman–Crippen LogP) is 2.73. The van der Waals surface area contributed by atoms with Crippen molar-refractivity contribution < 1.29 is 14.7 Å². The Hall–Kier alpha value is -1.88. The lowest BCUT2D eigenvalue weighted by Gasteiger charge is -2.19. The number of hydrogen-bond donors (Lipinski definition) is 3. The Kier molecular flexibility index (Phi) is 7.75. The summed E-state index contributed by atoms with van der Waals surface area (Å²) in [6.45, 7) is 8.26. The van der Waals surface area contributed by atoms with Gasteiger partial charge in [0.1, 0.15) is 0 Å². The van der Waals surface area contributed by atoms with Crippen LogP contribution >= 0.6 is 0 Å². The van der Waals surface area contributed by atoms with E-state index in [4.69, 9.17) is 5.11 Å². The Labute approximate surface area is 138 Å². The number of rotatable bonds is 8. The monoisotopic (exact) mass is 320 g/mol. The summed E-state index contributed by atoms with van der Waals surface area (Å²) in [5.74, 6) is 0.465. The van der Waals surface area contributed by atoms with Gasteiger partial charge in [-0.05, 0) is 49.3 Å². The molecule has 3 N–H and O–H groups in total. The minimum Gasteiger partial charge on any atom is -0.396 e. The second-order valence-corrected chi connectivity index (χ2v) is 6.43. The van der Waals surface area contributed by atoms with Crippen LogP contribution in [-0.2, 0) is 4.79 Å². The van der Waals surface area contributed by atoms with Gasteiger partial charge in [0.15, 0.2) is 0 Å². The first-order chi connectivity index (χ1) is 10.8. The molecule has 0 aromatic heterocycles. The first-order valence-corrected chi connectivity index (χ1v) is 8.10. The van der Waals surface area contributed by atoms with Crippen molar-refractivity contribution in [1.82, 2.24) is 5.32 Å². The Morgan fingerprint density at radius 1 is 1.26 bits per heavy atom. The van der Waals surface area contributed by atoms with Gasteiger partial charge >= 0.3 is 0 Å². The predicted molar refractivity (Wildman–Crippen MR) is 92.5 cm³/mol. The summed E-state index contributed by atoms with van der Waals surface area (Å²) in [5, 5.41) is 14.8. The summed E-state index contributed by atoms with van der Waals surface area (Å²) < 4.78 is 0. The molecule has 1 rings (SSSR count). The summed E-state index contributed by atoms with van der Waals surface area (Å²) in [4.78, 5) is 23.5. The average molecular weight is 320 g/mol. The van der Waals surface area contributed by atoms with Crippen LogP contribution in [0.15, 0.2) is 18.2 Å². The van der Waals surface area contributed by atoms with Crippen molar-refractivity contribution in [1.29, 1.82) is 0 Å². The highest BCUT2D eigenvalue weighted by Gasteiger charge is 2.14. The van der Waals surface area contributed by atoms with Crippen LogP contribution in [0.25, 0.3) is 0 Å². The highest BCUT2D eigenvalue weighted by atomic mass is 16.3. The number of carbonyl (C=O) groups excluding carboxylic acids is 2. The summed E-state index contributed by atoms with van der Waals surface area (Å²) in [5.41, 5.74) is 2.08. The van der Waals surface area contributed by atoms with Gasteiger partial charge in [0.05, 0.1) is 0 Å². The van der Waals surface area contributed by atoms with Gasteiger partial charge in [-0.3, -0.25) is 9.59 Å². The highest BCUT2D eigenvalue weighted by Crippen LogP contribution is 2.18. The lowest BCUT2D eigenvalue weighted by atomic mass is 9.94. The van der Waals surface area contributed by atoms with Crippen LogP contribution < -0.4 is 10.6 Å². The zero-order valence-corrected chi connectivity index (χ0v) is 14.5. The van der Waals surface area contributed by atoms with Gasteiger partial charge in [0.2, 0.25) is 5.91 Å². The molecular weight excluding hydrogens is 292 g/mol. The van der Waals surface area contributed by atoms with E-state index in [-0.39, 0.29) is 24.3 Å². The first-order valence-electron chi connectivity index (χ1n) is 8.10. The molecule has 0 saturated carbocycles. The van der Waals surface area contributed by atoms with Gasteiger partial charge < -0.3 is 15.7 Å². The molecule has 0 aliphatic heterocycles. The molecule has 0 fully saturated rings. The summed E-state index contributed by atoms with van der Waals surface area (Å²) in [6, 6.07) is 5.26. The number of benzene rings is 1. The quantitative estimate of drug-likeness (QED) is 0.689. The van der Waals surface area contributed by atoms with E-state index in [1.165, 1.54) is 6.92 Å². The van der Waals surface area contributed by atoms with Crippen LogP contribution in [0, 0.1) is 18.8 Å². The summed E-state index contributed by atoms with van der Waals surface area (Å²) >= 11 is 0. The van der Waals surface area contributed by atoms with Gasteiger partial charge in [-0.2, -0.15) is 0 Å². The maximum atomic E-state index is 12.3. The van der Waals surface area contributed by atoms with E-state index >= 15 is 0 Å². The van der Waals surface area contributed by atoms with Crippen LogP contribution in [0.1, 0.15) is 49.5 Å². The minimum atomic E-state index is -0.164. The molecule has 0 aliphatic rings. The molecule has 1 aromatic carbocycles. The fraction of sp³-hybridized carbons (Fsp3) is 0.556. The first kappa shape index (κ1) is 19.2. The lowest BCUT2D eigenvalue weighted by Crippen LogP contribution is -2.30. The molecule has 0 spiro atoms. The van der Waals surface area contributed by atoms with Crippen molar-refractivity contribution in [2.75, 3.05) is 18.5 Å². The van der Waals surface area contributed by atoms with Crippen LogP contribution in [0.4, 0.5) is 5.69 Å². The Morgan fingerprint density at radius 2 is 1.96 bits per heavy atom. The lowest BCUT2D eigenvalue weighted by molar-refractivity contribution is -0.114. The van der Waals surface area contributed by atoms with Crippen LogP contribution in [-0.4, -0.2) is 30.1 Å². The Bertz CT molecular complexity index is 541. The molecule has 1 unspecified atom stereocenters. The Morgan fingerprint density at radius 3 is 2.52 bits per heavy atom. The van der Waals surface area contributed by atoms with Crippen molar-refractivity contribution in [3.8, 4) is 0 Å². The number of nitrogens with one attached hydrogen (secondary N) is 2. The third-order valence-electron chi connectivity index (χ3n) is 3.70. The molecule has 2 amide bonds. The third kappa shape index (κ3) is 6.82. The molecule has 0 bridgehead atoms. The van der Waals surface area contributed by atoms with Gasteiger partial charge in [-0.15, -0.1) is 0 Å². The van der Waals surface area contributed by atoms with E-state index in [0.717, 1.165) is 12.0 Å². The van der Waals surface area contributed by atoms with Gasteiger partial charge in [-0.25, -0.2) is 0 Å². The molecule has 5 heteroatoms. The molecule has 0 heterocycles. The van der Waals surface area contributed by atoms with Crippen molar-refractivity contribution >= 4 is 17.5 Å². The third-order valence-corrected chi connectivity index (χ3v) is 3.70. The largest absolute Gasteiger partial charge is 0.396 e. The molecule has 23 heavy (non-hydrogen) atoms. The van der Waals surface area contributed by atoms with Crippen molar-refractivity contribution in [3.63, 3.8) is 0 Å². The van der Waals surface area contributed by atoms with E-state index in [2.05, 4.69) is 24.5 Å². The summed E-state index contributed by atoms with van der Waals surface area (Å²) in [7, 11) is 0. The van der Waals surface area contributed by atoms with Gasteiger partial charge in [0, 0.05) is 31.3 Å². The zero-order valence-electron chi connectivity index (χ0n) is 14.5. The van der Waals surface area contributed by atoms with E-state index in [9.17, 15) is 9.59 Å². The van der Waals surface area contributed by atoms with Crippen LogP contribution in [0.2, 0.25) is 0 Å². The maximum Gasteiger partial charge on any atom is 0.251 e. The van der Waals surface area contributed by atoms with Crippen molar-refractivity contribution in [3.05, 3.63) is 29.3 Å². The second kappa shape index (κ2) is 9.30. The molecule has 0 saturated heterocycles. The number of hydrogen-bond acceptors (Lipinski definition) is 3. The van der Waals surface area contributed by atoms with Gasteiger partial charge in [-0.1, -0.05) is 19.9 Å². The second-order valence-electron chi connectivity index (χ2n) is 6.43. The molecule has 128 valence electrons. The fourth-order valence-corrected chi connectivity index (χ4v) is 2.58. The molecule has 0 aliphatic carbocycles. The smallest absolute Gasteiger partial charge is 0.251 e. The highest BCUT2D eigenvalue weighted by molar-refractivity contribution is 5.97. The number of amides is 2. The van der Waals surface area contributed by atoms with E-state index in [1.807, 2.05) is 13.0 Å².